The number of hydrogen-bond donors (Lipinski definition) is 2. The topological polar surface area (TPSA) is 96.5 Å². The number of ether oxygens (including phenoxy) is 1. The molecule has 0 aliphatic carbocycles. The van der Waals surface area contributed by atoms with Gasteiger partial charge in [-0.1, -0.05) is 84.5 Å². The highest BCUT2D eigenvalue weighted by molar-refractivity contribution is 5.69. The van der Waals surface area contributed by atoms with Crippen LogP contribution in [0.5, 0.6) is 0 Å². The molecule has 8 nitrogen and oxygen atoms in total. The third kappa shape index (κ3) is 22.0. The monoisotopic (exact) mass is 604 g/mol. The molecule has 0 amide bonds. The van der Waals surface area contributed by atoms with Crippen LogP contribution in [-0.2, 0) is 14.3 Å². The maximum Gasteiger partial charge on any atom is 0.306 e. The van der Waals surface area contributed by atoms with Crippen molar-refractivity contribution in [1.29, 1.82) is 0 Å². The lowest BCUT2D eigenvalue weighted by atomic mass is 10.1. The largest absolute Gasteiger partial charge is 0.462 e. The molecule has 0 spiro atoms. The van der Waals surface area contributed by atoms with E-state index in [0.717, 1.165) is 88.9 Å². The fraction of sp³-hybridized carbons (Fsp3) is 0.829. The Morgan fingerprint density at radius 3 is 2.16 bits per heavy atom. The number of aldehydes is 1. The maximum atomic E-state index is 12.4. The van der Waals surface area contributed by atoms with Gasteiger partial charge < -0.3 is 25.1 Å². The summed E-state index contributed by atoms with van der Waals surface area (Å²) in [5, 5.41) is 6.58. The Hall–Kier alpha value is -2.22. The summed E-state index contributed by atoms with van der Waals surface area (Å²) >= 11 is 0. The summed E-state index contributed by atoms with van der Waals surface area (Å²) in [6.45, 7) is 8.58. The summed E-state index contributed by atoms with van der Waals surface area (Å²) in [5.74, 6) is 0.846. The highest BCUT2D eigenvalue weighted by Crippen LogP contribution is 2.16. The van der Waals surface area contributed by atoms with E-state index >= 15 is 0 Å². The van der Waals surface area contributed by atoms with Crippen molar-refractivity contribution < 1.29 is 14.3 Å². The van der Waals surface area contributed by atoms with Crippen molar-refractivity contribution >= 4 is 23.8 Å². The Bertz CT molecular complexity index is 794. The van der Waals surface area contributed by atoms with E-state index in [2.05, 4.69) is 39.3 Å². The fourth-order valence-corrected chi connectivity index (χ4v) is 5.47. The molecule has 0 fully saturated rings. The number of nitrogens with zero attached hydrogens (tertiary/aromatic N) is 3. The second-order valence-corrected chi connectivity index (χ2v) is 12.0. The lowest BCUT2D eigenvalue weighted by molar-refractivity contribution is -0.149. The number of anilines is 2. The summed E-state index contributed by atoms with van der Waals surface area (Å²) in [5.41, 5.74) is 0.917. The summed E-state index contributed by atoms with van der Waals surface area (Å²) < 4.78 is 5.77. The molecule has 43 heavy (non-hydrogen) atoms. The van der Waals surface area contributed by atoms with Gasteiger partial charge in [0.25, 0.3) is 0 Å². The molecule has 1 rings (SSSR count). The molecule has 2 N–H and O–H groups in total. The van der Waals surface area contributed by atoms with E-state index in [4.69, 9.17) is 4.74 Å². The van der Waals surface area contributed by atoms with Crippen molar-refractivity contribution in [1.82, 2.24) is 14.9 Å². The van der Waals surface area contributed by atoms with Crippen molar-refractivity contribution in [3.8, 4) is 0 Å². The first-order valence-corrected chi connectivity index (χ1v) is 17.7. The minimum absolute atomic E-state index is 0.00687. The molecule has 1 unspecified atom stereocenters. The molecule has 0 aliphatic heterocycles. The van der Waals surface area contributed by atoms with Crippen LogP contribution in [0.15, 0.2) is 12.5 Å². The van der Waals surface area contributed by atoms with Crippen LogP contribution in [0.3, 0.4) is 0 Å². The summed E-state index contributed by atoms with van der Waals surface area (Å²) in [7, 11) is 1.88. The van der Waals surface area contributed by atoms with Gasteiger partial charge in [0, 0.05) is 26.4 Å². The lowest BCUT2D eigenvalue weighted by Gasteiger charge is -2.22. The van der Waals surface area contributed by atoms with Crippen molar-refractivity contribution in [2.24, 2.45) is 0 Å². The first-order valence-electron chi connectivity index (χ1n) is 17.7. The smallest absolute Gasteiger partial charge is 0.306 e. The first kappa shape index (κ1) is 38.8. The molecule has 0 saturated heterocycles. The second-order valence-electron chi connectivity index (χ2n) is 12.0. The molecule has 0 saturated carbocycles. The Labute approximate surface area is 263 Å². The van der Waals surface area contributed by atoms with Gasteiger partial charge in [-0.25, -0.2) is 9.97 Å². The molecule has 1 aromatic rings. The molecule has 248 valence electrons. The van der Waals surface area contributed by atoms with Crippen LogP contribution in [0, 0.1) is 0 Å². The molecule has 1 atom stereocenters. The van der Waals surface area contributed by atoms with E-state index in [1.54, 1.807) is 12.5 Å². The van der Waals surface area contributed by atoms with E-state index in [-0.39, 0.29) is 12.1 Å². The normalized spacial score (nSPS) is 11.9. The van der Waals surface area contributed by atoms with Crippen LogP contribution in [0.2, 0.25) is 0 Å². The van der Waals surface area contributed by atoms with Gasteiger partial charge in [-0.05, 0) is 71.0 Å². The first-order chi connectivity index (χ1) is 21.1. The minimum atomic E-state index is -0.00687. The molecule has 0 aromatic carbocycles. The zero-order chi connectivity index (χ0) is 31.2. The number of rotatable bonds is 31. The van der Waals surface area contributed by atoms with Crippen LogP contribution in [0.25, 0.3) is 0 Å². The van der Waals surface area contributed by atoms with Gasteiger partial charge in [-0.2, -0.15) is 0 Å². The number of aromatic nitrogens is 2. The molecule has 1 aromatic heterocycles. The number of carbonyl (C=O) groups excluding carboxylic acids is 2. The maximum absolute atomic E-state index is 12.4. The zero-order valence-corrected chi connectivity index (χ0v) is 28.1. The lowest BCUT2D eigenvalue weighted by Crippen LogP contribution is -2.28. The van der Waals surface area contributed by atoms with Gasteiger partial charge in [0.05, 0.1) is 11.9 Å². The van der Waals surface area contributed by atoms with Gasteiger partial charge in [0.1, 0.15) is 18.7 Å². The number of nitrogens with one attached hydrogen (secondary N) is 2. The molecule has 0 bridgehead atoms. The molecule has 8 heteroatoms. The van der Waals surface area contributed by atoms with E-state index < -0.39 is 0 Å². The number of unbranched alkanes of at least 4 members (excludes halogenated alkanes) is 14. The number of carbonyl (C=O) groups is 2. The van der Waals surface area contributed by atoms with Crippen LogP contribution in [-0.4, -0.2) is 66.5 Å². The predicted octanol–water partition coefficient (Wildman–Crippen LogP) is 8.57. The van der Waals surface area contributed by atoms with Gasteiger partial charge in [-0.3, -0.25) is 4.79 Å². The highest BCUT2D eigenvalue weighted by atomic mass is 16.5. The van der Waals surface area contributed by atoms with Crippen LogP contribution in [0.4, 0.5) is 11.5 Å². The van der Waals surface area contributed by atoms with Crippen molar-refractivity contribution in [2.45, 2.75) is 155 Å². The average Bonchev–Trinajstić information content (AvgIpc) is 3.02. The molecular weight excluding hydrogens is 538 g/mol. The minimum Gasteiger partial charge on any atom is -0.462 e. The SMILES string of the molecule is CCCCCCCCC(CC)OC(=O)CCCCCCCN(CCCCCCCC=O)CCCNc1ncncc1NC. The summed E-state index contributed by atoms with van der Waals surface area (Å²) in [6.07, 6.45) is 27.9. The molecular formula is C35H65N5O3. The van der Waals surface area contributed by atoms with Crippen molar-refractivity contribution in [2.75, 3.05) is 43.9 Å². The summed E-state index contributed by atoms with van der Waals surface area (Å²) in [4.78, 5) is 33.9. The van der Waals surface area contributed by atoms with Crippen LogP contribution in [0.1, 0.15) is 149 Å². The average molecular weight is 604 g/mol. The van der Waals surface area contributed by atoms with Crippen LogP contribution < -0.4 is 10.6 Å². The second kappa shape index (κ2) is 28.5. The van der Waals surface area contributed by atoms with E-state index in [0.29, 0.717) is 12.8 Å². The van der Waals surface area contributed by atoms with Crippen LogP contribution >= 0.6 is 0 Å². The molecule has 0 radical (unpaired) electrons. The Morgan fingerprint density at radius 1 is 0.860 bits per heavy atom. The van der Waals surface area contributed by atoms with Crippen molar-refractivity contribution in [3.63, 3.8) is 0 Å². The van der Waals surface area contributed by atoms with E-state index in [9.17, 15) is 9.59 Å². The predicted molar refractivity (Wildman–Crippen MR) is 181 cm³/mol. The quantitative estimate of drug-likeness (QED) is 0.0495. The Kier molecular flexibility index (Phi) is 25.8. The fourth-order valence-electron chi connectivity index (χ4n) is 5.47. The third-order valence-corrected chi connectivity index (χ3v) is 8.21. The molecule has 1 heterocycles. The van der Waals surface area contributed by atoms with Gasteiger partial charge >= 0.3 is 5.97 Å². The zero-order valence-electron chi connectivity index (χ0n) is 28.1. The van der Waals surface area contributed by atoms with E-state index in [1.807, 2.05) is 7.05 Å². The Morgan fingerprint density at radius 2 is 1.49 bits per heavy atom. The van der Waals surface area contributed by atoms with Gasteiger partial charge in [0.2, 0.25) is 0 Å². The number of hydrogen-bond acceptors (Lipinski definition) is 8. The summed E-state index contributed by atoms with van der Waals surface area (Å²) in [6, 6.07) is 0. The van der Waals surface area contributed by atoms with Gasteiger partial charge in [0.15, 0.2) is 5.82 Å². The Balaban J connectivity index is 2.24. The van der Waals surface area contributed by atoms with E-state index in [1.165, 1.54) is 77.0 Å². The third-order valence-electron chi connectivity index (χ3n) is 8.21. The standard InChI is InChI=1S/C35H65N5O3/c1-4-6-7-8-12-17-23-32(5-2)43-34(42)24-18-13-11-15-20-27-40(26-19-14-9-10-16-21-29-41)28-22-25-38-35-33(36-3)30-37-31-39-35/h29-32,36H,4-28H2,1-3H3,(H,37,38,39). The number of esters is 1. The molecule has 0 aliphatic rings. The highest BCUT2D eigenvalue weighted by Gasteiger charge is 2.12. The van der Waals surface area contributed by atoms with Crippen molar-refractivity contribution in [3.05, 3.63) is 12.5 Å². The van der Waals surface area contributed by atoms with Gasteiger partial charge in [-0.15, -0.1) is 0 Å².